The molecule has 0 radical (unpaired) electrons. The number of hydrogen-bond donors (Lipinski definition) is 2. The molecular weight excluding hydrogens is 416 g/mol. The smallest absolute Gasteiger partial charge is 0.328 e. The van der Waals surface area contributed by atoms with Crippen LogP contribution in [0.25, 0.3) is 0 Å². The molecule has 1 atom stereocenters. The van der Waals surface area contributed by atoms with Crippen LogP contribution in [0.3, 0.4) is 0 Å². The number of esters is 1. The topological polar surface area (TPSA) is 98.5 Å². The number of nitrogens with one attached hydrogen (secondary N) is 1. The summed E-state index contributed by atoms with van der Waals surface area (Å²) < 4.78 is 5.17. The van der Waals surface area contributed by atoms with Crippen LogP contribution in [0, 0.1) is 0 Å². The van der Waals surface area contributed by atoms with Gasteiger partial charge in [-0.15, -0.1) is 12.4 Å². The zero-order chi connectivity index (χ0) is 21.3. The maximum atomic E-state index is 12.6. The van der Waals surface area contributed by atoms with Crippen LogP contribution >= 0.6 is 12.4 Å². The molecule has 6 nitrogen and oxygen atoms in total. The first-order chi connectivity index (χ1) is 14.6. The Balaban J connectivity index is 0.00000341. The molecule has 0 aliphatic heterocycles. The molecule has 7 heteroatoms. The van der Waals surface area contributed by atoms with Crippen LogP contribution in [0.5, 0.6) is 0 Å². The fourth-order valence-electron chi connectivity index (χ4n) is 3.52. The summed E-state index contributed by atoms with van der Waals surface area (Å²) in [6.45, 7) is 0.335. The average molecular weight is 443 g/mol. The van der Waals surface area contributed by atoms with E-state index in [2.05, 4.69) is 5.32 Å². The zero-order valence-corrected chi connectivity index (χ0v) is 18.0. The first-order valence-electron chi connectivity index (χ1n) is 10.1. The van der Waals surface area contributed by atoms with Crippen molar-refractivity contribution in [3.63, 3.8) is 0 Å². The van der Waals surface area contributed by atoms with E-state index < -0.39 is 12.0 Å². The minimum Gasteiger partial charge on any atom is -0.463 e. The Morgan fingerprint density at radius 2 is 1.61 bits per heavy atom. The normalized spacial score (nSPS) is 16.8. The minimum atomic E-state index is -0.723. The summed E-state index contributed by atoms with van der Waals surface area (Å²) in [7, 11) is 0. The zero-order valence-electron chi connectivity index (χ0n) is 17.2. The molecule has 1 aliphatic rings. The highest BCUT2D eigenvalue weighted by Gasteiger charge is 2.31. The van der Waals surface area contributed by atoms with Gasteiger partial charge in [0, 0.05) is 32.0 Å². The van der Waals surface area contributed by atoms with Crippen LogP contribution in [-0.4, -0.2) is 36.7 Å². The van der Waals surface area contributed by atoms with Gasteiger partial charge in [0.25, 0.3) is 0 Å². The lowest BCUT2D eigenvalue weighted by Crippen LogP contribution is -2.39. The van der Waals surface area contributed by atoms with E-state index in [-0.39, 0.29) is 61.5 Å². The number of hydrogen-bond acceptors (Lipinski definition) is 6. The van der Waals surface area contributed by atoms with E-state index in [1.54, 1.807) is 0 Å². The van der Waals surface area contributed by atoms with Gasteiger partial charge < -0.3 is 15.8 Å². The molecule has 1 aliphatic carbocycles. The highest BCUT2D eigenvalue weighted by Crippen LogP contribution is 2.31. The summed E-state index contributed by atoms with van der Waals surface area (Å²) in [5, 5.41) is 2.94. The van der Waals surface area contributed by atoms with E-state index >= 15 is 0 Å². The van der Waals surface area contributed by atoms with E-state index in [1.807, 2.05) is 60.7 Å². The molecular formula is C24H27ClN2O4. The number of ether oxygens (including phenoxy) is 1. The van der Waals surface area contributed by atoms with E-state index in [0.29, 0.717) is 6.42 Å². The molecule has 1 fully saturated rings. The van der Waals surface area contributed by atoms with E-state index in [9.17, 15) is 14.4 Å². The largest absolute Gasteiger partial charge is 0.463 e. The Labute approximate surface area is 188 Å². The molecule has 1 saturated carbocycles. The summed E-state index contributed by atoms with van der Waals surface area (Å²) >= 11 is 0. The molecule has 0 spiro atoms. The van der Waals surface area contributed by atoms with Crippen molar-refractivity contribution < 1.29 is 19.1 Å². The number of ketones is 2. The van der Waals surface area contributed by atoms with Crippen molar-refractivity contribution in [3.05, 3.63) is 83.6 Å². The molecule has 2 aromatic rings. The van der Waals surface area contributed by atoms with Crippen LogP contribution < -0.4 is 11.1 Å². The van der Waals surface area contributed by atoms with Crippen molar-refractivity contribution >= 4 is 29.9 Å². The van der Waals surface area contributed by atoms with Crippen LogP contribution in [0.1, 0.15) is 29.9 Å². The third kappa shape index (κ3) is 6.77. The Hall–Kier alpha value is -2.96. The van der Waals surface area contributed by atoms with Crippen LogP contribution in [0.15, 0.2) is 72.4 Å². The predicted octanol–water partition coefficient (Wildman–Crippen LogP) is 2.71. The Kier molecular flexibility index (Phi) is 9.43. The Bertz CT molecular complexity index is 896. The number of benzene rings is 2. The second-order valence-corrected chi connectivity index (χ2v) is 7.29. The molecule has 0 aromatic heterocycles. The molecule has 3 rings (SSSR count). The van der Waals surface area contributed by atoms with Crippen LogP contribution in [0.2, 0.25) is 0 Å². The molecule has 31 heavy (non-hydrogen) atoms. The van der Waals surface area contributed by atoms with Gasteiger partial charge in [-0.05, 0) is 17.0 Å². The summed E-state index contributed by atoms with van der Waals surface area (Å²) in [6, 6.07) is 18.3. The number of allylic oxidation sites excluding steroid dienone is 1. The van der Waals surface area contributed by atoms with Gasteiger partial charge in [0.15, 0.2) is 11.6 Å². The van der Waals surface area contributed by atoms with E-state index in [0.717, 1.165) is 11.1 Å². The highest BCUT2D eigenvalue weighted by atomic mass is 35.5. The van der Waals surface area contributed by atoms with Crippen molar-refractivity contribution in [2.45, 2.75) is 31.2 Å². The van der Waals surface area contributed by atoms with Gasteiger partial charge in [-0.2, -0.15) is 0 Å². The lowest BCUT2D eigenvalue weighted by molar-refractivity contribution is -0.145. The van der Waals surface area contributed by atoms with E-state index in [4.69, 9.17) is 10.5 Å². The van der Waals surface area contributed by atoms with Gasteiger partial charge >= 0.3 is 5.97 Å². The number of rotatable bonds is 8. The summed E-state index contributed by atoms with van der Waals surface area (Å²) in [4.78, 5) is 37.7. The molecule has 0 bridgehead atoms. The average Bonchev–Trinajstić information content (AvgIpc) is 2.77. The minimum absolute atomic E-state index is 0. The van der Waals surface area contributed by atoms with Gasteiger partial charge in [-0.1, -0.05) is 60.7 Å². The van der Waals surface area contributed by atoms with Crippen molar-refractivity contribution in [1.82, 2.24) is 5.32 Å². The quantitative estimate of drug-likeness (QED) is 0.370. The van der Waals surface area contributed by atoms with Gasteiger partial charge in [0.05, 0.1) is 5.57 Å². The maximum Gasteiger partial charge on any atom is 0.328 e. The Morgan fingerprint density at radius 3 is 2.19 bits per heavy atom. The van der Waals surface area contributed by atoms with Gasteiger partial charge in [-0.25, -0.2) is 4.79 Å². The number of nitrogens with two attached hydrogens (primary N) is 1. The SMILES string of the molecule is Cl.NCCOC(=O)[C@H](Cc1ccccc1)NC=C1C(=O)CC(c2ccccc2)CC1=O. The fourth-order valence-corrected chi connectivity index (χ4v) is 3.52. The van der Waals surface area contributed by atoms with E-state index in [1.165, 1.54) is 6.20 Å². The van der Waals surface area contributed by atoms with Gasteiger partial charge in [-0.3, -0.25) is 9.59 Å². The second kappa shape index (κ2) is 12.0. The Morgan fingerprint density at radius 1 is 1.03 bits per heavy atom. The van der Waals surface area contributed by atoms with Crippen LogP contribution in [0.4, 0.5) is 0 Å². The first kappa shape index (κ1) is 24.3. The molecule has 164 valence electrons. The molecule has 2 aromatic carbocycles. The van der Waals surface area contributed by atoms with Crippen LogP contribution in [-0.2, 0) is 25.5 Å². The first-order valence-corrected chi connectivity index (χ1v) is 10.1. The van der Waals surface area contributed by atoms with Gasteiger partial charge in [0.2, 0.25) is 0 Å². The number of carbonyl (C=O) groups is 3. The van der Waals surface area contributed by atoms with Crippen molar-refractivity contribution in [1.29, 1.82) is 0 Å². The molecule has 0 amide bonds. The maximum absolute atomic E-state index is 12.6. The van der Waals surface area contributed by atoms with Crippen molar-refractivity contribution in [3.8, 4) is 0 Å². The third-order valence-electron chi connectivity index (χ3n) is 5.09. The number of Topliss-reactive ketones (excluding diaryl/α,β-unsaturated/α-hetero) is 2. The monoisotopic (exact) mass is 442 g/mol. The third-order valence-corrected chi connectivity index (χ3v) is 5.09. The molecule has 0 heterocycles. The van der Waals surface area contributed by atoms with Crippen molar-refractivity contribution in [2.75, 3.05) is 13.2 Å². The summed E-state index contributed by atoms with van der Waals surface area (Å²) in [5.41, 5.74) is 7.44. The second-order valence-electron chi connectivity index (χ2n) is 7.29. The summed E-state index contributed by atoms with van der Waals surface area (Å²) in [5.74, 6) is -1.03. The standard InChI is InChI=1S/C24H26N2O4.ClH/c25-11-12-30-24(29)21(13-17-7-3-1-4-8-17)26-16-20-22(27)14-19(15-23(20)28)18-9-5-2-6-10-18;/h1-10,16,19,21,26H,11-15,25H2;1H/t19?,21-;/m0./s1. The molecule has 0 unspecified atom stereocenters. The van der Waals surface area contributed by atoms with Crippen molar-refractivity contribution in [2.24, 2.45) is 5.73 Å². The highest BCUT2D eigenvalue weighted by molar-refractivity contribution is 6.22. The number of carbonyl (C=O) groups excluding carboxylic acids is 3. The van der Waals surface area contributed by atoms with Gasteiger partial charge in [0.1, 0.15) is 12.6 Å². The number of halogens is 1. The lowest BCUT2D eigenvalue weighted by Gasteiger charge is -2.23. The summed E-state index contributed by atoms with van der Waals surface area (Å²) in [6.07, 6.45) is 2.28. The lowest BCUT2D eigenvalue weighted by atomic mass is 9.80. The molecule has 0 saturated heterocycles. The predicted molar refractivity (Wildman–Crippen MR) is 121 cm³/mol. The fraction of sp³-hybridized carbons (Fsp3) is 0.292. The molecule has 3 N–H and O–H groups in total.